The zero-order valence-corrected chi connectivity index (χ0v) is 43.5. The first kappa shape index (κ1) is 63.2. The first-order valence-electron chi connectivity index (χ1n) is 22.4. The quantitative estimate of drug-likeness (QED) is 0.0307. The number of thioether (sulfide) groups is 1. The standard InChI is InChI=1S/C44H76N10O14S/c1-16-18-20-26(5)33(57)32(51(11)30(55)23-25(3)4)35(59)47-28(17-2)37(61)52(12)39(69-22-19-21-31(56)68-15)38(62)50(10)29(24-44(7,8)67)34(58)48-42(65)54(14)43(66)49-40(63)46-27(6)36(60)53(13)41(64)45-9/h16,18,25-29,32-33,39,57,67H,17,19-24H2,1-15H3,(H,45,64)(H,47,59)(H,48,58,65)(H2,46,49,63,66)/b18-16+/t26-,27+,28+,29+,32+,33-,39-/m1/s1. The van der Waals surface area contributed by atoms with Gasteiger partial charge in [0.2, 0.25) is 17.7 Å². The van der Waals surface area contributed by atoms with Crippen molar-refractivity contribution in [2.75, 3.05) is 55.1 Å². The van der Waals surface area contributed by atoms with Gasteiger partial charge in [-0.15, -0.1) is 11.8 Å². The Morgan fingerprint density at radius 3 is 1.86 bits per heavy atom. The van der Waals surface area contributed by atoms with Gasteiger partial charge in [-0.3, -0.25) is 49.1 Å². The van der Waals surface area contributed by atoms with Crippen LogP contribution in [-0.4, -0.2) is 197 Å². The van der Waals surface area contributed by atoms with Crippen molar-refractivity contribution >= 4 is 77.3 Å². The van der Waals surface area contributed by atoms with Gasteiger partial charge in [0.25, 0.3) is 17.7 Å². The van der Waals surface area contributed by atoms with Gasteiger partial charge >= 0.3 is 30.1 Å². The molecule has 7 atom stereocenters. The molecule has 0 saturated heterocycles. The van der Waals surface area contributed by atoms with Crippen LogP contribution in [0.4, 0.5) is 19.2 Å². The van der Waals surface area contributed by atoms with Crippen molar-refractivity contribution in [2.45, 2.75) is 135 Å². The van der Waals surface area contributed by atoms with Crippen LogP contribution in [0.2, 0.25) is 0 Å². The number of urea groups is 4. The number of esters is 1. The Labute approximate surface area is 409 Å². The summed E-state index contributed by atoms with van der Waals surface area (Å²) in [5, 5.41) is 31.7. The minimum atomic E-state index is -1.67. The molecule has 0 aromatic carbocycles. The van der Waals surface area contributed by atoms with Crippen molar-refractivity contribution in [3.63, 3.8) is 0 Å². The van der Waals surface area contributed by atoms with Crippen LogP contribution in [-0.2, 0) is 38.3 Å². The fraction of sp³-hybridized carbons (Fsp3) is 0.705. The average molecular weight is 1000 g/mol. The molecule has 7 N–H and O–H groups in total. The van der Waals surface area contributed by atoms with Crippen molar-refractivity contribution in [3.8, 4) is 0 Å². The maximum absolute atomic E-state index is 14.6. The number of ether oxygens (including phenoxy) is 1. The summed E-state index contributed by atoms with van der Waals surface area (Å²) in [5.74, 6) is -5.95. The average Bonchev–Trinajstić information content (AvgIpc) is 3.28. The third-order valence-electron chi connectivity index (χ3n) is 10.7. The number of carbonyl (C=O) groups excluding carboxylic acids is 11. The summed E-state index contributed by atoms with van der Waals surface area (Å²) < 4.78 is 4.72. The summed E-state index contributed by atoms with van der Waals surface area (Å²) in [6, 6.07) is -10.4. The smallest absolute Gasteiger partial charge is 0.333 e. The lowest BCUT2D eigenvalue weighted by Gasteiger charge is -2.37. The highest BCUT2D eigenvalue weighted by atomic mass is 32.2. The van der Waals surface area contributed by atoms with E-state index in [0.29, 0.717) is 16.2 Å². The van der Waals surface area contributed by atoms with Gasteiger partial charge in [0.05, 0.1) is 18.8 Å². The van der Waals surface area contributed by atoms with Crippen LogP contribution in [0.5, 0.6) is 0 Å². The molecule has 0 bridgehead atoms. The van der Waals surface area contributed by atoms with E-state index >= 15 is 0 Å². The Hall–Kier alpha value is -5.82. The van der Waals surface area contributed by atoms with E-state index < -0.39 is 119 Å². The van der Waals surface area contributed by atoms with Crippen molar-refractivity contribution in [1.82, 2.24) is 51.1 Å². The molecule has 392 valence electrons. The first-order chi connectivity index (χ1) is 31.9. The molecule has 0 aliphatic rings. The zero-order valence-electron chi connectivity index (χ0n) is 42.7. The monoisotopic (exact) mass is 1000 g/mol. The number of nitrogens with one attached hydrogen (secondary N) is 5. The van der Waals surface area contributed by atoms with E-state index in [4.69, 9.17) is 4.74 Å². The van der Waals surface area contributed by atoms with Crippen molar-refractivity contribution in [1.29, 1.82) is 0 Å². The molecule has 0 rings (SSSR count). The molecule has 69 heavy (non-hydrogen) atoms. The van der Waals surface area contributed by atoms with Gasteiger partial charge in [-0.25, -0.2) is 24.1 Å². The fourth-order valence-electron chi connectivity index (χ4n) is 6.43. The molecular formula is C44H76N10O14S. The van der Waals surface area contributed by atoms with Gasteiger partial charge in [0, 0.05) is 61.5 Å². The molecule has 0 heterocycles. The first-order valence-corrected chi connectivity index (χ1v) is 23.5. The largest absolute Gasteiger partial charge is 0.469 e. The Kier molecular flexibility index (Phi) is 27.4. The maximum atomic E-state index is 14.6. The summed E-state index contributed by atoms with van der Waals surface area (Å²) in [5.41, 5.74) is -1.67. The Morgan fingerprint density at radius 1 is 0.768 bits per heavy atom. The number of hydrogen-bond donors (Lipinski definition) is 7. The summed E-state index contributed by atoms with van der Waals surface area (Å²) in [6.07, 6.45) is 2.33. The molecule has 24 nitrogen and oxygen atoms in total. The van der Waals surface area contributed by atoms with Crippen LogP contribution in [0.15, 0.2) is 12.2 Å². The molecule has 0 aliphatic heterocycles. The third kappa shape index (κ3) is 20.7. The van der Waals surface area contributed by atoms with Crippen LogP contribution in [0, 0.1) is 11.8 Å². The minimum absolute atomic E-state index is 0.0138. The highest BCUT2D eigenvalue weighted by Crippen LogP contribution is 2.25. The Morgan fingerprint density at radius 2 is 1.35 bits per heavy atom. The van der Waals surface area contributed by atoms with E-state index in [2.05, 4.69) is 16.0 Å². The number of imide groups is 4. The van der Waals surface area contributed by atoms with Crippen LogP contribution in [0.3, 0.4) is 0 Å². The molecule has 0 aromatic rings. The summed E-state index contributed by atoms with van der Waals surface area (Å²) >= 11 is 0.906. The SMILES string of the molecule is C/C=C/C[C@@H](C)[C@@H](O)[C@@H](C(=O)N[C@@H](CC)C(=O)N(C)[C@H](SCCCC(=O)OC)C(=O)N(C)[C@@H](CC(C)(C)O)C(=O)NC(=O)N(C)C(=O)NC(=O)N[C@@H](C)C(=O)N(C)C(=O)NC)N(C)C(=O)CC(C)C. The maximum Gasteiger partial charge on any atom is 0.333 e. The second kappa shape index (κ2) is 29.9. The summed E-state index contributed by atoms with van der Waals surface area (Å²) in [4.78, 5) is 149. The predicted molar refractivity (Wildman–Crippen MR) is 256 cm³/mol. The number of allylic oxidation sites excluding steroid dienone is 2. The second-order valence-corrected chi connectivity index (χ2v) is 18.7. The predicted octanol–water partition coefficient (Wildman–Crippen LogP) is 0.950. The van der Waals surface area contributed by atoms with Gasteiger partial charge < -0.3 is 45.6 Å². The van der Waals surface area contributed by atoms with Crippen LogP contribution < -0.4 is 26.6 Å². The second-order valence-electron chi connectivity index (χ2n) is 17.6. The number of nitrogens with zero attached hydrogens (tertiary/aromatic N) is 5. The van der Waals surface area contributed by atoms with Crippen molar-refractivity contribution < 1.29 is 67.7 Å². The highest BCUT2D eigenvalue weighted by molar-refractivity contribution is 8.00. The van der Waals surface area contributed by atoms with Crippen molar-refractivity contribution in [2.24, 2.45) is 11.8 Å². The van der Waals surface area contributed by atoms with Crippen LogP contribution in [0.1, 0.15) is 93.9 Å². The van der Waals surface area contributed by atoms with E-state index in [1.54, 1.807) is 26.8 Å². The molecule has 0 spiro atoms. The van der Waals surface area contributed by atoms with Gasteiger partial charge in [0.1, 0.15) is 24.2 Å². The molecule has 0 fully saturated rings. The minimum Gasteiger partial charge on any atom is -0.469 e. The Bertz CT molecular complexity index is 1860. The lowest BCUT2D eigenvalue weighted by Crippen LogP contribution is -2.61. The summed E-state index contributed by atoms with van der Waals surface area (Å²) in [6.45, 7) is 12.6. The van der Waals surface area contributed by atoms with Gasteiger partial charge in [-0.2, -0.15) is 0 Å². The van der Waals surface area contributed by atoms with E-state index in [0.717, 1.165) is 40.6 Å². The van der Waals surface area contributed by atoms with E-state index in [9.17, 15) is 63.0 Å². The third-order valence-corrected chi connectivity index (χ3v) is 12.1. The van der Waals surface area contributed by atoms with E-state index in [-0.39, 0.29) is 37.4 Å². The number of likely N-dealkylation sites (N-methyl/N-ethyl adjacent to an activating group) is 4. The highest BCUT2D eigenvalue weighted by Gasteiger charge is 2.42. The molecule has 0 aliphatic carbocycles. The molecule has 0 unspecified atom stereocenters. The number of aliphatic hydroxyl groups excluding tert-OH is 1. The van der Waals surface area contributed by atoms with E-state index in [1.165, 1.54) is 56.1 Å². The topological polar surface area (TPSA) is 314 Å². The molecule has 25 heteroatoms. The molecule has 0 radical (unpaired) electrons. The number of aliphatic hydroxyl groups is 2. The molecule has 0 saturated carbocycles. The number of methoxy groups -OCH3 is 1. The van der Waals surface area contributed by atoms with E-state index in [1.807, 2.05) is 30.6 Å². The lowest BCUT2D eigenvalue weighted by molar-refractivity contribution is -0.148. The number of rotatable bonds is 24. The summed E-state index contributed by atoms with van der Waals surface area (Å²) in [7, 11) is 8.39. The van der Waals surface area contributed by atoms with Gasteiger partial charge in [-0.1, -0.05) is 39.8 Å². The Balaban J connectivity index is 6.76. The van der Waals surface area contributed by atoms with Crippen LogP contribution >= 0.6 is 11.8 Å². The number of hydrogen-bond acceptors (Lipinski definition) is 15. The molecule has 14 amide bonds. The lowest BCUT2D eigenvalue weighted by atomic mass is 9.92. The molecule has 0 aromatic heterocycles. The number of amides is 14. The number of carbonyl (C=O) groups is 11. The van der Waals surface area contributed by atoms with Gasteiger partial charge in [-0.05, 0) is 64.5 Å². The van der Waals surface area contributed by atoms with Gasteiger partial charge in [0.15, 0.2) is 5.37 Å². The van der Waals surface area contributed by atoms with Crippen LogP contribution in [0.25, 0.3) is 0 Å². The zero-order chi connectivity index (χ0) is 53.7. The fourth-order valence-corrected chi connectivity index (χ4v) is 7.60. The van der Waals surface area contributed by atoms with Crippen molar-refractivity contribution in [3.05, 3.63) is 12.2 Å². The normalized spacial score (nSPS) is 14.3. The molecular weight excluding hydrogens is 925 g/mol.